The summed E-state index contributed by atoms with van der Waals surface area (Å²) in [5, 5.41) is 2.86. The average molecular weight is 601 g/mol. The van der Waals surface area contributed by atoms with Crippen molar-refractivity contribution in [2.75, 3.05) is 23.7 Å². The van der Waals surface area contributed by atoms with Crippen molar-refractivity contribution in [3.8, 4) is 0 Å². The second kappa shape index (κ2) is 13.1. The van der Waals surface area contributed by atoms with Crippen LogP contribution in [-0.2, 0) is 32.6 Å². The summed E-state index contributed by atoms with van der Waals surface area (Å²) in [4.78, 5) is 28.9. The predicted molar refractivity (Wildman–Crippen MR) is 155 cm³/mol. The van der Waals surface area contributed by atoms with E-state index >= 15 is 0 Å². The summed E-state index contributed by atoms with van der Waals surface area (Å²) in [6, 6.07) is 21.5. The minimum atomic E-state index is -3.80. The smallest absolute Gasteiger partial charge is 0.244 e. The number of hydrogen-bond donors (Lipinski definition) is 1. The molecule has 3 aromatic carbocycles. The van der Waals surface area contributed by atoms with Gasteiger partial charge in [0.2, 0.25) is 21.8 Å². The van der Waals surface area contributed by atoms with Crippen LogP contribution in [0.1, 0.15) is 29.2 Å². The van der Waals surface area contributed by atoms with E-state index < -0.39 is 28.5 Å². The van der Waals surface area contributed by atoms with Gasteiger partial charge in [0.05, 0.1) is 11.9 Å². The van der Waals surface area contributed by atoms with Gasteiger partial charge in [0.25, 0.3) is 0 Å². The molecule has 3 aromatic rings. The minimum Gasteiger partial charge on any atom is -0.355 e. The molecule has 0 saturated carbocycles. The molecule has 2 amide bonds. The Morgan fingerprint density at radius 3 is 2.24 bits per heavy atom. The molecule has 9 heteroatoms. The van der Waals surface area contributed by atoms with Crippen molar-refractivity contribution in [2.45, 2.75) is 39.8 Å². The quantitative estimate of drug-likeness (QED) is 0.349. The summed E-state index contributed by atoms with van der Waals surface area (Å²) in [5.74, 6) is -0.763. The third kappa shape index (κ3) is 7.68. The van der Waals surface area contributed by atoms with E-state index in [-0.39, 0.29) is 18.9 Å². The molecule has 0 fully saturated rings. The summed E-state index contributed by atoms with van der Waals surface area (Å²) in [6.07, 6.45) is 1.38. The van der Waals surface area contributed by atoms with Crippen LogP contribution in [0.5, 0.6) is 0 Å². The van der Waals surface area contributed by atoms with Gasteiger partial charge in [-0.25, -0.2) is 8.42 Å². The highest BCUT2D eigenvalue weighted by Crippen LogP contribution is 2.26. The van der Waals surface area contributed by atoms with Crippen molar-refractivity contribution in [1.29, 1.82) is 0 Å². The number of nitrogens with zero attached hydrogens (tertiary/aromatic N) is 2. The molecule has 7 nitrogen and oxygen atoms in total. The van der Waals surface area contributed by atoms with E-state index in [1.54, 1.807) is 12.1 Å². The number of amides is 2. The molecule has 0 aliphatic heterocycles. The lowest BCUT2D eigenvalue weighted by Gasteiger charge is -2.34. The Bertz CT molecular complexity index is 1380. The summed E-state index contributed by atoms with van der Waals surface area (Å²) in [5.41, 5.74) is 3.84. The molecule has 0 spiro atoms. The maximum atomic E-state index is 14.0. The van der Waals surface area contributed by atoms with Crippen LogP contribution in [0.2, 0.25) is 0 Å². The molecule has 3 rings (SSSR count). The van der Waals surface area contributed by atoms with Crippen LogP contribution in [-0.4, -0.2) is 50.5 Å². The molecule has 0 aromatic heterocycles. The fraction of sp³-hybridized carbons (Fsp3) is 0.310. The fourth-order valence-corrected chi connectivity index (χ4v) is 5.63. The monoisotopic (exact) mass is 599 g/mol. The highest BCUT2D eigenvalue weighted by Gasteiger charge is 2.33. The highest BCUT2D eigenvalue weighted by molar-refractivity contribution is 9.10. The minimum absolute atomic E-state index is 0.136. The van der Waals surface area contributed by atoms with Crippen molar-refractivity contribution >= 4 is 43.5 Å². The number of carbonyl (C=O) groups excluding carboxylic acids is 2. The number of benzene rings is 3. The Morgan fingerprint density at radius 2 is 1.61 bits per heavy atom. The van der Waals surface area contributed by atoms with Crippen LogP contribution in [0.3, 0.4) is 0 Å². The zero-order valence-electron chi connectivity index (χ0n) is 22.1. The van der Waals surface area contributed by atoms with Crippen molar-refractivity contribution in [1.82, 2.24) is 10.2 Å². The number of nitrogens with one attached hydrogen (secondary N) is 1. The average Bonchev–Trinajstić information content (AvgIpc) is 2.86. The molecule has 0 bridgehead atoms. The van der Waals surface area contributed by atoms with E-state index in [0.29, 0.717) is 12.2 Å². The van der Waals surface area contributed by atoms with Crippen molar-refractivity contribution in [3.63, 3.8) is 0 Å². The molecule has 38 heavy (non-hydrogen) atoms. The van der Waals surface area contributed by atoms with Crippen molar-refractivity contribution in [2.24, 2.45) is 0 Å². The van der Waals surface area contributed by atoms with Gasteiger partial charge in [0.1, 0.15) is 12.6 Å². The van der Waals surface area contributed by atoms with E-state index in [0.717, 1.165) is 37.3 Å². The first-order chi connectivity index (χ1) is 18.0. The number of halogens is 1. The number of anilines is 1. The van der Waals surface area contributed by atoms with Crippen LogP contribution in [0, 0.1) is 13.8 Å². The SMILES string of the molecule is CCNC(=O)C(Cc1ccccc1)N(Cc1cccc(Br)c1)C(=O)CN(c1cccc(C)c1C)S(C)(=O)=O. The lowest BCUT2D eigenvalue weighted by atomic mass is 10.0. The summed E-state index contributed by atoms with van der Waals surface area (Å²) in [7, 11) is -3.80. The van der Waals surface area contributed by atoms with Gasteiger partial charge in [0.15, 0.2) is 0 Å². The Hall–Kier alpha value is -3.17. The highest BCUT2D eigenvalue weighted by atomic mass is 79.9. The normalized spacial score (nSPS) is 12.0. The Kier molecular flexibility index (Phi) is 10.1. The fourth-order valence-electron chi connectivity index (χ4n) is 4.28. The van der Waals surface area contributed by atoms with Gasteiger partial charge in [0, 0.05) is 24.0 Å². The van der Waals surface area contributed by atoms with Gasteiger partial charge in [-0.3, -0.25) is 13.9 Å². The molecule has 1 atom stereocenters. The summed E-state index contributed by atoms with van der Waals surface area (Å²) < 4.78 is 27.8. The second-order valence-electron chi connectivity index (χ2n) is 9.24. The Balaban J connectivity index is 2.07. The third-order valence-electron chi connectivity index (χ3n) is 6.39. The lowest BCUT2D eigenvalue weighted by Crippen LogP contribution is -2.53. The molecule has 0 saturated heterocycles. The molecule has 1 N–H and O–H groups in total. The number of aryl methyl sites for hydroxylation is 1. The number of sulfonamides is 1. The largest absolute Gasteiger partial charge is 0.355 e. The molecule has 1 unspecified atom stereocenters. The topological polar surface area (TPSA) is 86.8 Å². The number of rotatable bonds is 11. The molecular weight excluding hydrogens is 566 g/mol. The van der Waals surface area contributed by atoms with E-state index in [9.17, 15) is 18.0 Å². The first-order valence-corrected chi connectivity index (χ1v) is 15.0. The van der Waals surface area contributed by atoms with Gasteiger partial charge >= 0.3 is 0 Å². The van der Waals surface area contributed by atoms with Gasteiger partial charge in [-0.2, -0.15) is 0 Å². The van der Waals surface area contributed by atoms with E-state index in [1.807, 2.05) is 81.4 Å². The molecular formula is C29H34BrN3O4S. The molecule has 0 aliphatic rings. The number of hydrogen-bond acceptors (Lipinski definition) is 4. The maximum absolute atomic E-state index is 14.0. The van der Waals surface area contributed by atoms with Crippen LogP contribution < -0.4 is 9.62 Å². The van der Waals surface area contributed by atoms with Crippen LogP contribution in [0.4, 0.5) is 5.69 Å². The van der Waals surface area contributed by atoms with Crippen molar-refractivity contribution < 1.29 is 18.0 Å². The van der Waals surface area contributed by atoms with Gasteiger partial charge in [-0.15, -0.1) is 0 Å². The summed E-state index contributed by atoms with van der Waals surface area (Å²) >= 11 is 3.48. The molecule has 0 heterocycles. The van der Waals surface area contributed by atoms with Crippen LogP contribution >= 0.6 is 15.9 Å². The maximum Gasteiger partial charge on any atom is 0.244 e. The van der Waals surface area contributed by atoms with Crippen LogP contribution in [0.25, 0.3) is 0 Å². The van der Waals surface area contributed by atoms with Gasteiger partial charge in [-0.05, 0) is 61.2 Å². The summed E-state index contributed by atoms with van der Waals surface area (Å²) in [6.45, 7) is 5.66. The van der Waals surface area contributed by atoms with Crippen molar-refractivity contribution in [3.05, 3.63) is 99.5 Å². The van der Waals surface area contributed by atoms with Crippen LogP contribution in [0.15, 0.2) is 77.3 Å². The molecule has 0 aliphatic carbocycles. The first-order valence-electron chi connectivity index (χ1n) is 12.4. The van der Waals surface area contributed by atoms with Gasteiger partial charge < -0.3 is 10.2 Å². The van der Waals surface area contributed by atoms with E-state index in [2.05, 4.69) is 21.2 Å². The Labute approximate surface area is 234 Å². The molecule has 202 valence electrons. The van der Waals surface area contributed by atoms with E-state index in [1.165, 1.54) is 4.90 Å². The lowest BCUT2D eigenvalue weighted by molar-refractivity contribution is -0.140. The predicted octanol–water partition coefficient (Wildman–Crippen LogP) is 4.61. The number of likely N-dealkylation sites (N-methyl/N-ethyl adjacent to an activating group) is 1. The standard InChI is InChI=1S/C29H34BrN3O4S/c1-5-31-29(35)27(18-23-12-7-6-8-13-23)32(19-24-14-10-15-25(30)17-24)28(34)20-33(38(4,36)37)26-16-9-11-21(2)22(26)3/h6-17,27H,5,18-20H2,1-4H3,(H,31,35). The van der Waals surface area contributed by atoms with E-state index in [4.69, 9.17) is 0 Å². The Morgan fingerprint density at radius 1 is 0.947 bits per heavy atom. The third-order valence-corrected chi connectivity index (χ3v) is 8.01. The second-order valence-corrected chi connectivity index (χ2v) is 12.1. The first kappa shape index (κ1) is 29.4. The molecule has 0 radical (unpaired) electrons. The zero-order chi connectivity index (χ0) is 27.9. The number of carbonyl (C=O) groups is 2. The van der Waals surface area contributed by atoms with Gasteiger partial charge in [-0.1, -0.05) is 70.5 Å². The zero-order valence-corrected chi connectivity index (χ0v) is 24.6.